The first kappa shape index (κ1) is 24.4. The van der Waals surface area contributed by atoms with Crippen LogP contribution in [-0.4, -0.2) is 69.0 Å². The summed E-state index contributed by atoms with van der Waals surface area (Å²) in [5, 5.41) is 16.1. The molecule has 3 heterocycles. The van der Waals surface area contributed by atoms with Crippen LogP contribution >= 0.6 is 11.8 Å². The van der Waals surface area contributed by atoms with Gasteiger partial charge in [-0.05, 0) is 39.0 Å². The Morgan fingerprint density at radius 3 is 2.45 bits per heavy atom. The lowest BCUT2D eigenvalue weighted by atomic mass is 9.66. The second-order valence-electron chi connectivity index (χ2n) is 9.51. The van der Waals surface area contributed by atoms with Gasteiger partial charge in [-0.15, -0.1) is 11.8 Å². The monoisotopic (exact) mass is 453 g/mol. The average Bonchev–Trinajstić information content (AvgIpc) is 3.32. The Balaban J connectivity index is 1.96. The van der Waals surface area contributed by atoms with E-state index in [1.54, 1.807) is 16.7 Å². The van der Waals surface area contributed by atoms with E-state index < -0.39 is 28.7 Å². The molecule has 0 aromatic rings. The van der Waals surface area contributed by atoms with Gasteiger partial charge in [-0.2, -0.15) is 0 Å². The summed E-state index contributed by atoms with van der Waals surface area (Å²) in [5.74, 6) is -1.30. The number of thioether (sulfide) groups is 1. The first-order valence-electron chi connectivity index (χ1n) is 12.0. The van der Waals surface area contributed by atoms with E-state index in [1.165, 1.54) is 0 Å². The third kappa shape index (κ3) is 3.99. The number of aliphatic hydroxyl groups is 1. The molecule has 0 aliphatic carbocycles. The minimum Gasteiger partial charge on any atom is -0.394 e. The first-order valence-corrected chi connectivity index (χ1v) is 12.8. The molecule has 3 aliphatic rings. The van der Waals surface area contributed by atoms with Gasteiger partial charge in [0.2, 0.25) is 17.7 Å². The highest BCUT2D eigenvalue weighted by molar-refractivity contribution is 8.02. The number of likely N-dealkylation sites (tertiary alicyclic amines) is 1. The highest BCUT2D eigenvalue weighted by atomic mass is 32.2. The van der Waals surface area contributed by atoms with Crippen molar-refractivity contribution in [2.24, 2.45) is 11.8 Å². The van der Waals surface area contributed by atoms with Gasteiger partial charge in [0.1, 0.15) is 6.04 Å². The van der Waals surface area contributed by atoms with Crippen LogP contribution in [0, 0.1) is 11.8 Å². The predicted octanol–water partition coefficient (Wildman–Crippen LogP) is 2.07. The molecule has 1 spiro atoms. The number of nitrogens with zero attached hydrogens (tertiary/aromatic N) is 1. The molecule has 0 saturated carbocycles. The van der Waals surface area contributed by atoms with Gasteiger partial charge >= 0.3 is 0 Å². The van der Waals surface area contributed by atoms with Crippen LogP contribution in [0.5, 0.6) is 0 Å². The highest BCUT2D eigenvalue weighted by Crippen LogP contribution is 2.71. The molecule has 8 heteroatoms. The molecule has 3 rings (SSSR count). The maximum Gasteiger partial charge on any atom is 0.244 e. The van der Waals surface area contributed by atoms with E-state index in [2.05, 4.69) is 24.5 Å². The summed E-state index contributed by atoms with van der Waals surface area (Å²) in [6.07, 6.45) is 5.98. The zero-order valence-electron chi connectivity index (χ0n) is 19.4. The van der Waals surface area contributed by atoms with Crippen LogP contribution in [0.25, 0.3) is 0 Å². The molecule has 6 atom stereocenters. The van der Waals surface area contributed by atoms with Crippen LogP contribution in [0.2, 0.25) is 0 Å². The van der Waals surface area contributed by atoms with Crippen molar-refractivity contribution in [1.29, 1.82) is 0 Å². The number of hydrogen-bond donors (Lipinski definition) is 3. The first-order chi connectivity index (χ1) is 14.8. The zero-order valence-corrected chi connectivity index (χ0v) is 20.2. The van der Waals surface area contributed by atoms with Crippen molar-refractivity contribution in [3.05, 3.63) is 0 Å². The molecule has 7 nitrogen and oxygen atoms in total. The lowest BCUT2D eigenvalue weighted by Crippen LogP contribution is -2.56. The van der Waals surface area contributed by atoms with Gasteiger partial charge in [0, 0.05) is 17.8 Å². The van der Waals surface area contributed by atoms with E-state index in [9.17, 15) is 19.5 Å². The molecule has 3 aliphatic heterocycles. The predicted molar refractivity (Wildman–Crippen MR) is 123 cm³/mol. The summed E-state index contributed by atoms with van der Waals surface area (Å²) in [7, 11) is 0. The van der Waals surface area contributed by atoms with Crippen molar-refractivity contribution in [3.63, 3.8) is 0 Å². The van der Waals surface area contributed by atoms with E-state index in [-0.39, 0.29) is 29.1 Å². The summed E-state index contributed by atoms with van der Waals surface area (Å²) < 4.78 is -0.941. The molecule has 3 N–H and O–H groups in total. The number of unbranched alkanes of at least 4 members (excludes halogenated alkanes) is 2. The van der Waals surface area contributed by atoms with E-state index in [1.807, 2.05) is 13.8 Å². The van der Waals surface area contributed by atoms with Gasteiger partial charge in [0.15, 0.2) is 0 Å². The minimum absolute atomic E-state index is 0.0715. The Kier molecular flexibility index (Phi) is 7.62. The van der Waals surface area contributed by atoms with Gasteiger partial charge in [0.05, 0.1) is 29.2 Å². The lowest BCUT2D eigenvalue weighted by molar-refractivity contribution is -0.143. The van der Waals surface area contributed by atoms with Gasteiger partial charge in [0.25, 0.3) is 0 Å². The second kappa shape index (κ2) is 9.69. The van der Waals surface area contributed by atoms with Crippen molar-refractivity contribution >= 4 is 29.5 Å². The quantitative estimate of drug-likeness (QED) is 0.416. The number of nitrogens with one attached hydrogen (secondary N) is 2. The normalized spacial score (nSPS) is 34.7. The molecule has 3 saturated heterocycles. The van der Waals surface area contributed by atoms with E-state index in [0.29, 0.717) is 19.5 Å². The summed E-state index contributed by atoms with van der Waals surface area (Å²) in [6, 6.07) is -1.05. The van der Waals surface area contributed by atoms with E-state index in [0.717, 1.165) is 38.5 Å². The van der Waals surface area contributed by atoms with Crippen molar-refractivity contribution in [3.8, 4) is 0 Å². The third-order valence-corrected chi connectivity index (χ3v) is 9.44. The Bertz CT molecular complexity index is 700. The summed E-state index contributed by atoms with van der Waals surface area (Å²) >= 11 is 1.68. The molecule has 176 valence electrons. The SMILES string of the molecule is CCCCCNC(=O)C1N([C@@H](CC)CO)C(=O)[C@@H]2[C@H](C(=O)NCCC)[C@]3(C)CCC12S3. The third-order valence-electron chi connectivity index (χ3n) is 7.45. The zero-order chi connectivity index (χ0) is 22.8. The van der Waals surface area contributed by atoms with Crippen LogP contribution in [0.15, 0.2) is 0 Å². The standard InChI is InChI=1S/C23H39N3O4S/c1-5-8-9-13-25-20(29)18-23-11-10-22(4,31-23)16(19(28)24-12-6-2)17(23)21(30)26(18)15(7-3)14-27/h15-18,27H,5-14H2,1-4H3,(H,24,28)(H,25,29)/t15-,16+,17-,18?,22-,23?/m0/s1. The second-order valence-corrected chi connectivity index (χ2v) is 11.4. The molecule has 0 radical (unpaired) electrons. The van der Waals surface area contributed by atoms with Crippen LogP contribution in [-0.2, 0) is 14.4 Å². The Labute approximate surface area is 190 Å². The van der Waals surface area contributed by atoms with E-state index in [4.69, 9.17) is 0 Å². The minimum atomic E-state index is -0.639. The van der Waals surface area contributed by atoms with Crippen LogP contribution in [0.4, 0.5) is 0 Å². The van der Waals surface area contributed by atoms with Gasteiger partial charge in [-0.25, -0.2) is 0 Å². The molecule has 3 fully saturated rings. The number of carbonyl (C=O) groups is 3. The molecule has 2 bridgehead atoms. The van der Waals surface area contributed by atoms with Crippen LogP contribution in [0.1, 0.15) is 72.6 Å². The average molecular weight is 454 g/mol. The number of carbonyl (C=O) groups excluding carboxylic acids is 3. The Morgan fingerprint density at radius 1 is 1.13 bits per heavy atom. The topological polar surface area (TPSA) is 98.7 Å². The largest absolute Gasteiger partial charge is 0.394 e. The molecule has 0 aromatic heterocycles. The summed E-state index contributed by atoms with van der Waals surface area (Å²) in [6.45, 7) is 9.12. The molecule has 0 aromatic carbocycles. The smallest absolute Gasteiger partial charge is 0.244 e. The van der Waals surface area contributed by atoms with Gasteiger partial charge < -0.3 is 20.6 Å². The fourth-order valence-corrected chi connectivity index (χ4v) is 8.26. The Hall–Kier alpha value is -1.28. The highest BCUT2D eigenvalue weighted by Gasteiger charge is 2.77. The number of aliphatic hydroxyl groups excluding tert-OH is 1. The van der Waals surface area contributed by atoms with Gasteiger partial charge in [-0.3, -0.25) is 14.4 Å². The Morgan fingerprint density at radius 2 is 1.84 bits per heavy atom. The fourth-order valence-electron chi connectivity index (χ4n) is 5.91. The number of fused-ring (bicyclic) bond motifs is 1. The maximum absolute atomic E-state index is 13.8. The summed E-state index contributed by atoms with van der Waals surface area (Å²) in [4.78, 5) is 42.1. The number of rotatable bonds is 11. The van der Waals surface area contributed by atoms with Crippen molar-refractivity contribution in [1.82, 2.24) is 15.5 Å². The van der Waals surface area contributed by atoms with Crippen molar-refractivity contribution in [2.45, 2.75) is 94.2 Å². The van der Waals surface area contributed by atoms with Crippen molar-refractivity contribution in [2.75, 3.05) is 19.7 Å². The van der Waals surface area contributed by atoms with Crippen LogP contribution < -0.4 is 10.6 Å². The molecular weight excluding hydrogens is 414 g/mol. The lowest BCUT2D eigenvalue weighted by Gasteiger charge is -2.36. The molecule has 2 unspecified atom stereocenters. The van der Waals surface area contributed by atoms with E-state index >= 15 is 0 Å². The number of amides is 3. The fraction of sp³-hybridized carbons (Fsp3) is 0.870. The van der Waals surface area contributed by atoms with Gasteiger partial charge in [-0.1, -0.05) is 33.6 Å². The molecule has 3 amide bonds. The maximum atomic E-state index is 13.8. The van der Waals surface area contributed by atoms with Crippen LogP contribution in [0.3, 0.4) is 0 Å². The molecular formula is C23H39N3O4S. The van der Waals surface area contributed by atoms with Crippen molar-refractivity contribution < 1.29 is 19.5 Å². The summed E-state index contributed by atoms with van der Waals surface area (Å²) in [5.41, 5.74) is 0. The number of hydrogen-bond acceptors (Lipinski definition) is 5. The molecule has 31 heavy (non-hydrogen) atoms.